The van der Waals surface area contributed by atoms with Crippen LogP contribution in [0, 0.1) is 17.3 Å². The molecule has 0 aromatic carbocycles. The fourth-order valence-electron chi connectivity index (χ4n) is 3.60. The van der Waals surface area contributed by atoms with Crippen LogP contribution in [-0.4, -0.2) is 27.6 Å². The van der Waals surface area contributed by atoms with Crippen LogP contribution in [0.1, 0.15) is 49.4 Å². The average molecular weight is 310 g/mol. The molecule has 2 aliphatic carbocycles. The molecule has 1 unspecified atom stereocenters. The van der Waals surface area contributed by atoms with Gasteiger partial charge in [0.25, 0.3) is 0 Å². The minimum absolute atomic E-state index is 0.0666. The third-order valence-electron chi connectivity index (χ3n) is 5.25. The van der Waals surface area contributed by atoms with Gasteiger partial charge in [-0.1, -0.05) is 6.92 Å². The Balaban J connectivity index is 1.58. The monoisotopic (exact) mass is 309 g/mol. The van der Waals surface area contributed by atoms with E-state index >= 15 is 0 Å². The van der Waals surface area contributed by atoms with Gasteiger partial charge in [0.15, 0.2) is 0 Å². The Bertz CT molecular complexity index is 556. The Morgan fingerprint density at radius 3 is 2.76 bits per heavy atom. The van der Waals surface area contributed by atoms with Crippen molar-refractivity contribution in [3.8, 4) is 0 Å². The number of carboxylic acids is 1. The van der Waals surface area contributed by atoms with E-state index in [1.54, 1.807) is 0 Å². The first-order valence-corrected chi connectivity index (χ1v) is 7.88. The molecule has 0 amide bonds. The van der Waals surface area contributed by atoms with E-state index in [9.17, 15) is 4.79 Å². The summed E-state index contributed by atoms with van der Waals surface area (Å²) in [6.07, 6.45) is 7.66. The van der Waals surface area contributed by atoms with E-state index in [-0.39, 0.29) is 10.8 Å². The molecular formula is C15H20ClN3O2. The van der Waals surface area contributed by atoms with Crippen molar-refractivity contribution in [2.24, 2.45) is 17.3 Å². The second-order valence-corrected chi connectivity index (χ2v) is 6.84. The first kappa shape index (κ1) is 14.6. The highest BCUT2D eigenvalue weighted by Crippen LogP contribution is 2.61. The van der Waals surface area contributed by atoms with Crippen LogP contribution >= 0.6 is 11.6 Å². The Morgan fingerprint density at radius 2 is 2.19 bits per heavy atom. The van der Waals surface area contributed by atoms with E-state index < -0.39 is 5.97 Å². The largest absolute Gasteiger partial charge is 0.477 e. The molecule has 0 saturated heterocycles. The second-order valence-electron chi connectivity index (χ2n) is 6.50. The number of nitrogens with one attached hydrogen (secondary N) is 1. The Kier molecular flexibility index (Phi) is 3.78. The number of halogens is 1. The van der Waals surface area contributed by atoms with Gasteiger partial charge in [-0.25, -0.2) is 9.78 Å². The highest BCUT2D eigenvalue weighted by atomic mass is 35.5. The van der Waals surface area contributed by atoms with Crippen molar-refractivity contribution in [3.05, 3.63) is 17.0 Å². The summed E-state index contributed by atoms with van der Waals surface area (Å²) >= 11 is 5.75. The average Bonchev–Trinajstić information content (AvgIpc) is 3.07. The summed E-state index contributed by atoms with van der Waals surface area (Å²) in [5.41, 5.74) is 0.712. The fourth-order valence-corrected chi connectivity index (χ4v) is 3.73. The molecule has 2 aliphatic rings. The number of carbonyl (C=O) groups is 1. The van der Waals surface area contributed by atoms with E-state index in [0.717, 1.165) is 12.5 Å². The lowest BCUT2D eigenvalue weighted by molar-refractivity contribution is 0.0697. The molecule has 2 fully saturated rings. The Morgan fingerprint density at radius 1 is 1.52 bits per heavy atom. The standard InChI is InChI=1S/C15H20ClN3O2/c1-9-6-15(9)4-2-10(3-5-15)7-17-12-11(13(20)21)8-18-14(16)19-12/h8-10H,2-7H2,1H3,(H,20,21)(H,17,18,19). The molecule has 0 bridgehead atoms. The van der Waals surface area contributed by atoms with Gasteiger partial charge in [-0.05, 0) is 61.0 Å². The lowest BCUT2D eigenvalue weighted by Gasteiger charge is -2.29. The number of nitrogens with zero attached hydrogens (tertiary/aromatic N) is 2. The highest BCUT2D eigenvalue weighted by Gasteiger charge is 2.51. The van der Waals surface area contributed by atoms with Gasteiger partial charge in [-0.2, -0.15) is 4.98 Å². The topological polar surface area (TPSA) is 75.1 Å². The number of hydrogen-bond acceptors (Lipinski definition) is 4. The zero-order chi connectivity index (χ0) is 15.0. The molecule has 0 aliphatic heterocycles. The second kappa shape index (κ2) is 5.44. The maximum absolute atomic E-state index is 11.2. The van der Waals surface area contributed by atoms with Gasteiger partial charge >= 0.3 is 5.97 Å². The number of aromatic nitrogens is 2. The van der Waals surface area contributed by atoms with Crippen LogP contribution in [-0.2, 0) is 0 Å². The molecule has 5 nitrogen and oxygen atoms in total. The van der Waals surface area contributed by atoms with Crippen LogP contribution < -0.4 is 5.32 Å². The molecule has 1 atom stereocenters. The molecule has 3 rings (SSSR count). The number of anilines is 1. The summed E-state index contributed by atoms with van der Waals surface area (Å²) in [6, 6.07) is 0. The van der Waals surface area contributed by atoms with E-state index in [1.807, 2.05) is 0 Å². The summed E-state index contributed by atoms with van der Waals surface area (Å²) in [5.74, 6) is 0.760. The Hall–Kier alpha value is -1.36. The van der Waals surface area contributed by atoms with Crippen molar-refractivity contribution < 1.29 is 9.90 Å². The van der Waals surface area contributed by atoms with Crippen molar-refractivity contribution >= 4 is 23.4 Å². The van der Waals surface area contributed by atoms with Crippen molar-refractivity contribution in [2.75, 3.05) is 11.9 Å². The molecule has 1 aromatic rings. The zero-order valence-corrected chi connectivity index (χ0v) is 12.9. The molecule has 21 heavy (non-hydrogen) atoms. The van der Waals surface area contributed by atoms with Crippen molar-refractivity contribution in [1.82, 2.24) is 9.97 Å². The quantitative estimate of drug-likeness (QED) is 0.833. The van der Waals surface area contributed by atoms with Crippen LogP contribution in [0.25, 0.3) is 0 Å². The van der Waals surface area contributed by atoms with E-state index in [1.165, 1.54) is 38.3 Å². The van der Waals surface area contributed by atoms with Crippen LogP contribution in [0.5, 0.6) is 0 Å². The number of rotatable bonds is 4. The first-order chi connectivity index (χ1) is 10.00. The van der Waals surface area contributed by atoms with Crippen molar-refractivity contribution in [2.45, 2.75) is 39.0 Å². The minimum Gasteiger partial charge on any atom is -0.477 e. The van der Waals surface area contributed by atoms with Crippen LogP contribution in [0.2, 0.25) is 5.28 Å². The summed E-state index contributed by atoms with van der Waals surface area (Å²) in [5, 5.41) is 12.4. The Labute approximate surface area is 129 Å². The molecule has 1 heterocycles. The van der Waals surface area contributed by atoms with Crippen molar-refractivity contribution in [3.63, 3.8) is 0 Å². The SMILES string of the molecule is CC1CC12CCC(CNc1nc(Cl)ncc1C(=O)O)CC2. The first-order valence-electron chi connectivity index (χ1n) is 7.50. The molecule has 2 N–H and O–H groups in total. The van der Waals surface area contributed by atoms with Gasteiger partial charge in [0, 0.05) is 12.7 Å². The molecule has 1 spiro atoms. The van der Waals surface area contributed by atoms with E-state index in [2.05, 4.69) is 22.2 Å². The van der Waals surface area contributed by atoms with Gasteiger partial charge in [0.2, 0.25) is 5.28 Å². The lowest BCUT2D eigenvalue weighted by atomic mass is 9.78. The number of hydrogen-bond donors (Lipinski definition) is 2. The summed E-state index contributed by atoms with van der Waals surface area (Å²) < 4.78 is 0. The third kappa shape index (κ3) is 2.98. The van der Waals surface area contributed by atoms with Crippen molar-refractivity contribution in [1.29, 1.82) is 0 Å². The normalized spacial score (nSPS) is 31.1. The molecule has 0 radical (unpaired) electrons. The highest BCUT2D eigenvalue weighted by molar-refractivity contribution is 6.28. The molecule has 1 aromatic heterocycles. The summed E-state index contributed by atoms with van der Waals surface area (Å²) in [4.78, 5) is 18.9. The smallest absolute Gasteiger partial charge is 0.341 e. The third-order valence-corrected chi connectivity index (χ3v) is 5.43. The van der Waals surface area contributed by atoms with Crippen LogP contribution in [0.4, 0.5) is 5.82 Å². The van der Waals surface area contributed by atoms with Gasteiger partial charge in [0.05, 0.1) is 0 Å². The molecular weight excluding hydrogens is 290 g/mol. The van der Waals surface area contributed by atoms with E-state index in [0.29, 0.717) is 17.2 Å². The van der Waals surface area contributed by atoms with Crippen LogP contribution in [0.3, 0.4) is 0 Å². The summed E-state index contributed by atoms with van der Waals surface area (Å²) in [6.45, 7) is 3.10. The maximum atomic E-state index is 11.2. The predicted octanol–water partition coefficient (Wildman–Crippen LogP) is 3.46. The maximum Gasteiger partial charge on any atom is 0.341 e. The summed E-state index contributed by atoms with van der Waals surface area (Å²) in [7, 11) is 0. The predicted molar refractivity (Wildman–Crippen MR) is 80.7 cm³/mol. The molecule has 6 heteroatoms. The number of aromatic carboxylic acids is 1. The lowest BCUT2D eigenvalue weighted by Crippen LogP contribution is -2.23. The van der Waals surface area contributed by atoms with Gasteiger partial charge < -0.3 is 10.4 Å². The van der Waals surface area contributed by atoms with Gasteiger partial charge in [-0.15, -0.1) is 0 Å². The molecule has 2 saturated carbocycles. The minimum atomic E-state index is -1.04. The van der Waals surface area contributed by atoms with Gasteiger partial charge in [0.1, 0.15) is 11.4 Å². The van der Waals surface area contributed by atoms with E-state index in [4.69, 9.17) is 16.7 Å². The fraction of sp³-hybridized carbons (Fsp3) is 0.667. The van der Waals surface area contributed by atoms with Gasteiger partial charge in [-0.3, -0.25) is 0 Å². The zero-order valence-electron chi connectivity index (χ0n) is 12.1. The molecule has 114 valence electrons. The number of carboxylic acid groups (broad SMARTS) is 1. The van der Waals surface area contributed by atoms with Crippen LogP contribution in [0.15, 0.2) is 6.20 Å².